The molecule has 0 aliphatic carbocycles. The summed E-state index contributed by atoms with van der Waals surface area (Å²) in [6.07, 6.45) is 0.860. The molecule has 1 aromatic heterocycles. The summed E-state index contributed by atoms with van der Waals surface area (Å²) >= 11 is 1.59. The van der Waals surface area contributed by atoms with E-state index in [4.69, 9.17) is 0 Å². The molecule has 0 bridgehead atoms. The maximum atomic E-state index is 12.7. The minimum Gasteiger partial charge on any atom is -0.323 e. The first kappa shape index (κ1) is 18.0. The van der Waals surface area contributed by atoms with Gasteiger partial charge >= 0.3 is 6.03 Å². The van der Waals surface area contributed by atoms with E-state index in [1.54, 1.807) is 11.3 Å². The number of rotatable bonds is 2. The number of likely N-dealkylation sites (tertiary alicyclic amines) is 1. The number of anilines is 2. The Kier molecular flexibility index (Phi) is 4.65. The van der Waals surface area contributed by atoms with Gasteiger partial charge in [0.25, 0.3) is 0 Å². The van der Waals surface area contributed by atoms with Crippen molar-refractivity contribution in [1.29, 1.82) is 0 Å². The fraction of sp³-hybridized carbons (Fsp3) is 0.400. The van der Waals surface area contributed by atoms with Crippen LogP contribution in [-0.4, -0.2) is 60.5 Å². The lowest BCUT2D eigenvalue weighted by Gasteiger charge is -2.46. The largest absolute Gasteiger partial charge is 0.323 e. The van der Waals surface area contributed by atoms with E-state index < -0.39 is 0 Å². The van der Waals surface area contributed by atoms with Crippen molar-refractivity contribution >= 4 is 34.6 Å². The molecule has 1 spiro atoms. The van der Waals surface area contributed by atoms with Gasteiger partial charge in [0.15, 0.2) is 0 Å². The molecule has 7 heteroatoms. The van der Waals surface area contributed by atoms with Crippen molar-refractivity contribution in [1.82, 2.24) is 9.80 Å². The molecule has 4 rings (SSSR count). The fourth-order valence-electron chi connectivity index (χ4n) is 3.92. The lowest BCUT2D eigenvalue weighted by atomic mass is 9.93. The third-order valence-electron chi connectivity index (χ3n) is 5.68. The number of thiophene rings is 1. The summed E-state index contributed by atoms with van der Waals surface area (Å²) < 4.78 is 0. The molecular formula is C20H24N4O2S. The first-order valence-corrected chi connectivity index (χ1v) is 10.1. The first-order valence-electron chi connectivity index (χ1n) is 9.13. The third-order valence-corrected chi connectivity index (χ3v) is 6.35. The number of hydrogen-bond acceptors (Lipinski definition) is 4. The van der Waals surface area contributed by atoms with Gasteiger partial charge in [-0.05, 0) is 44.0 Å². The summed E-state index contributed by atoms with van der Waals surface area (Å²) in [4.78, 5) is 31.1. The normalized spacial score (nSPS) is 23.3. The molecule has 2 aromatic rings. The Morgan fingerprint density at radius 3 is 2.67 bits per heavy atom. The van der Waals surface area contributed by atoms with Crippen molar-refractivity contribution in [2.75, 3.05) is 43.4 Å². The summed E-state index contributed by atoms with van der Waals surface area (Å²) in [5.74, 6) is 0.115. The van der Waals surface area contributed by atoms with Crippen LogP contribution >= 0.6 is 11.3 Å². The van der Waals surface area contributed by atoms with Crippen LogP contribution in [0, 0.1) is 6.92 Å². The number of nitrogens with one attached hydrogen (secondary N) is 1. The predicted octanol–water partition coefficient (Wildman–Crippen LogP) is 3.01. The van der Waals surface area contributed by atoms with E-state index in [1.165, 1.54) is 0 Å². The summed E-state index contributed by atoms with van der Waals surface area (Å²) in [7, 11) is 1.99. The van der Waals surface area contributed by atoms with Gasteiger partial charge in [-0.1, -0.05) is 17.7 Å². The molecule has 1 N–H and O–H groups in total. The van der Waals surface area contributed by atoms with E-state index >= 15 is 0 Å². The van der Waals surface area contributed by atoms with Crippen molar-refractivity contribution in [3.05, 3.63) is 46.7 Å². The van der Waals surface area contributed by atoms with Crippen LogP contribution in [0.25, 0.3) is 0 Å². The Hall–Kier alpha value is -2.38. The maximum absolute atomic E-state index is 12.7. The standard InChI is InChI=1S/C20H24N4O2S/c1-15-3-5-16(6-4-15)21-19(26)23-9-8-20(13-23)14-24(17-7-10-27-12-17)18(25)11-22(20)2/h3-7,10,12H,8-9,11,13-14H2,1-2H3,(H,21,26)/t20-/m0/s1. The zero-order valence-electron chi connectivity index (χ0n) is 15.6. The van der Waals surface area contributed by atoms with Crippen LogP contribution in [0.4, 0.5) is 16.2 Å². The van der Waals surface area contributed by atoms with Gasteiger partial charge in [-0.25, -0.2) is 4.79 Å². The molecule has 2 aliphatic heterocycles. The Bertz CT molecular complexity index is 836. The molecule has 27 heavy (non-hydrogen) atoms. The number of likely N-dealkylation sites (N-methyl/N-ethyl adjacent to an activating group) is 1. The second-order valence-electron chi connectivity index (χ2n) is 7.51. The summed E-state index contributed by atoms with van der Waals surface area (Å²) in [6.45, 7) is 4.33. The average molecular weight is 385 g/mol. The average Bonchev–Trinajstić information content (AvgIpc) is 3.31. The number of nitrogens with zero attached hydrogens (tertiary/aromatic N) is 3. The lowest BCUT2D eigenvalue weighted by Crippen LogP contribution is -2.64. The van der Waals surface area contributed by atoms with Gasteiger partial charge in [0.05, 0.1) is 17.8 Å². The number of piperazine rings is 1. The van der Waals surface area contributed by atoms with Gasteiger partial charge < -0.3 is 15.1 Å². The Labute approximate surface area is 163 Å². The first-order chi connectivity index (χ1) is 13.0. The van der Waals surface area contributed by atoms with E-state index in [1.807, 2.05) is 64.9 Å². The summed E-state index contributed by atoms with van der Waals surface area (Å²) in [5.41, 5.74) is 2.73. The topological polar surface area (TPSA) is 55.9 Å². The van der Waals surface area contributed by atoms with Gasteiger partial charge in [-0.15, -0.1) is 0 Å². The monoisotopic (exact) mass is 384 g/mol. The van der Waals surface area contributed by atoms with E-state index in [9.17, 15) is 9.59 Å². The van der Waals surface area contributed by atoms with Crippen molar-refractivity contribution in [3.63, 3.8) is 0 Å². The highest BCUT2D eigenvalue weighted by atomic mass is 32.1. The van der Waals surface area contributed by atoms with Gasteiger partial charge in [0.2, 0.25) is 5.91 Å². The number of aryl methyl sites for hydroxylation is 1. The molecule has 0 radical (unpaired) electrons. The van der Waals surface area contributed by atoms with Crippen molar-refractivity contribution < 1.29 is 9.59 Å². The minimum absolute atomic E-state index is 0.0805. The molecule has 6 nitrogen and oxygen atoms in total. The van der Waals surface area contributed by atoms with Crippen LogP contribution in [0.2, 0.25) is 0 Å². The number of amides is 3. The highest BCUT2D eigenvalue weighted by Gasteiger charge is 2.48. The van der Waals surface area contributed by atoms with Crippen molar-refractivity contribution in [3.8, 4) is 0 Å². The molecule has 3 amide bonds. The third kappa shape index (κ3) is 3.44. The molecular weight excluding hydrogens is 360 g/mol. The highest BCUT2D eigenvalue weighted by molar-refractivity contribution is 7.08. The molecule has 1 aromatic carbocycles. The molecule has 0 unspecified atom stereocenters. The van der Waals surface area contributed by atoms with E-state index in [2.05, 4.69) is 10.2 Å². The zero-order valence-corrected chi connectivity index (χ0v) is 16.5. The quantitative estimate of drug-likeness (QED) is 0.866. The molecule has 2 fully saturated rings. The molecule has 2 aliphatic rings. The highest BCUT2D eigenvalue weighted by Crippen LogP contribution is 2.34. The molecule has 1 atom stereocenters. The summed E-state index contributed by atoms with van der Waals surface area (Å²) in [6, 6.07) is 9.72. The van der Waals surface area contributed by atoms with Crippen molar-refractivity contribution in [2.45, 2.75) is 18.9 Å². The van der Waals surface area contributed by atoms with E-state index in [0.717, 1.165) is 23.4 Å². The van der Waals surface area contributed by atoms with E-state index in [0.29, 0.717) is 26.2 Å². The van der Waals surface area contributed by atoms with Gasteiger partial charge in [0, 0.05) is 30.7 Å². The minimum atomic E-state index is -0.194. The van der Waals surface area contributed by atoms with Gasteiger partial charge in [0.1, 0.15) is 0 Å². The zero-order chi connectivity index (χ0) is 19.0. The van der Waals surface area contributed by atoms with Crippen LogP contribution < -0.4 is 10.2 Å². The van der Waals surface area contributed by atoms with Crippen LogP contribution in [0.1, 0.15) is 12.0 Å². The SMILES string of the molecule is Cc1ccc(NC(=O)N2CC[C@]3(C2)CN(c2ccsc2)C(=O)CN3C)cc1. The van der Waals surface area contributed by atoms with Gasteiger partial charge in [-0.3, -0.25) is 9.69 Å². The number of hydrogen-bond donors (Lipinski definition) is 1. The number of benzene rings is 1. The van der Waals surface area contributed by atoms with Crippen LogP contribution in [0.3, 0.4) is 0 Å². The fourth-order valence-corrected chi connectivity index (χ4v) is 4.56. The van der Waals surface area contributed by atoms with Crippen LogP contribution in [0.15, 0.2) is 41.1 Å². The predicted molar refractivity (Wildman–Crippen MR) is 108 cm³/mol. The molecule has 142 valence electrons. The van der Waals surface area contributed by atoms with Crippen LogP contribution in [0.5, 0.6) is 0 Å². The maximum Gasteiger partial charge on any atom is 0.321 e. The summed E-state index contributed by atoms with van der Waals surface area (Å²) in [5, 5.41) is 6.98. The second-order valence-corrected chi connectivity index (χ2v) is 8.29. The Morgan fingerprint density at radius 2 is 1.96 bits per heavy atom. The van der Waals surface area contributed by atoms with Crippen LogP contribution in [-0.2, 0) is 4.79 Å². The Morgan fingerprint density at radius 1 is 1.19 bits per heavy atom. The number of carbonyl (C=O) groups is 2. The molecule has 0 saturated carbocycles. The number of urea groups is 1. The second kappa shape index (κ2) is 6.98. The molecule has 3 heterocycles. The van der Waals surface area contributed by atoms with Crippen molar-refractivity contribution in [2.24, 2.45) is 0 Å². The van der Waals surface area contributed by atoms with Gasteiger partial charge in [-0.2, -0.15) is 11.3 Å². The lowest BCUT2D eigenvalue weighted by molar-refractivity contribution is -0.123. The smallest absolute Gasteiger partial charge is 0.321 e. The Balaban J connectivity index is 1.47. The van der Waals surface area contributed by atoms with E-state index in [-0.39, 0.29) is 17.5 Å². The number of carbonyl (C=O) groups excluding carboxylic acids is 2. The molecule has 2 saturated heterocycles.